The first kappa shape index (κ1) is 11.9. The molecule has 92 valence electrons. The molecule has 0 aromatic rings. The molecular formula is C13H24N2O. The molecule has 3 nitrogen and oxygen atoms in total. The Kier molecular flexibility index (Phi) is 3.85. The van der Waals surface area contributed by atoms with Crippen LogP contribution in [0.4, 0.5) is 0 Å². The summed E-state index contributed by atoms with van der Waals surface area (Å²) in [6.07, 6.45) is 6.09. The Morgan fingerprint density at radius 3 is 2.69 bits per heavy atom. The zero-order chi connectivity index (χ0) is 11.5. The van der Waals surface area contributed by atoms with Crippen LogP contribution >= 0.6 is 0 Å². The van der Waals surface area contributed by atoms with E-state index in [4.69, 9.17) is 0 Å². The van der Waals surface area contributed by atoms with Gasteiger partial charge in [0.1, 0.15) is 0 Å². The van der Waals surface area contributed by atoms with Gasteiger partial charge in [-0.25, -0.2) is 0 Å². The quantitative estimate of drug-likeness (QED) is 0.787. The van der Waals surface area contributed by atoms with Gasteiger partial charge in [-0.1, -0.05) is 13.3 Å². The third kappa shape index (κ3) is 2.97. The maximum atomic E-state index is 12.2. The number of nitrogens with one attached hydrogen (secondary N) is 1. The molecule has 1 aliphatic heterocycles. The summed E-state index contributed by atoms with van der Waals surface area (Å²) >= 11 is 0. The molecule has 1 N–H and O–H groups in total. The maximum absolute atomic E-state index is 12.2. The van der Waals surface area contributed by atoms with Crippen molar-refractivity contribution in [1.29, 1.82) is 0 Å². The number of hydrogen-bond acceptors (Lipinski definition) is 2. The second kappa shape index (κ2) is 5.17. The zero-order valence-corrected chi connectivity index (χ0v) is 10.5. The molecule has 3 heteroatoms. The third-order valence-corrected chi connectivity index (χ3v) is 3.99. The summed E-state index contributed by atoms with van der Waals surface area (Å²) in [5.41, 5.74) is 0. The third-order valence-electron chi connectivity index (χ3n) is 3.99. The largest absolute Gasteiger partial charge is 0.344 e. The van der Waals surface area contributed by atoms with Crippen LogP contribution in [0.25, 0.3) is 0 Å². The number of likely N-dealkylation sites (N-methyl/N-ethyl adjacent to an activating group) is 1. The zero-order valence-electron chi connectivity index (χ0n) is 10.5. The highest BCUT2D eigenvalue weighted by Crippen LogP contribution is 2.29. The molecule has 0 radical (unpaired) electrons. The molecule has 16 heavy (non-hydrogen) atoms. The van der Waals surface area contributed by atoms with Crippen molar-refractivity contribution >= 4 is 5.91 Å². The van der Waals surface area contributed by atoms with Crippen molar-refractivity contribution in [2.24, 2.45) is 11.8 Å². The highest BCUT2D eigenvalue weighted by molar-refractivity contribution is 5.81. The summed E-state index contributed by atoms with van der Waals surface area (Å²) in [6, 6.07) is 0.0856. The minimum absolute atomic E-state index is 0.0856. The monoisotopic (exact) mass is 224 g/mol. The van der Waals surface area contributed by atoms with Gasteiger partial charge >= 0.3 is 0 Å². The Balaban J connectivity index is 1.82. The van der Waals surface area contributed by atoms with Gasteiger partial charge in [-0.3, -0.25) is 4.79 Å². The number of amides is 1. The van der Waals surface area contributed by atoms with E-state index in [1.807, 2.05) is 11.9 Å². The van der Waals surface area contributed by atoms with Crippen LogP contribution in [0.5, 0.6) is 0 Å². The fraction of sp³-hybridized carbons (Fsp3) is 0.923. The van der Waals surface area contributed by atoms with Crippen molar-refractivity contribution in [3.8, 4) is 0 Å². The summed E-state index contributed by atoms with van der Waals surface area (Å²) < 4.78 is 0. The van der Waals surface area contributed by atoms with Crippen molar-refractivity contribution in [3.63, 3.8) is 0 Å². The van der Waals surface area contributed by atoms with Crippen molar-refractivity contribution in [2.45, 2.75) is 45.1 Å². The number of nitrogens with zero attached hydrogens (tertiary/aromatic N) is 1. The molecule has 1 aliphatic carbocycles. The molecule has 1 amide bonds. The van der Waals surface area contributed by atoms with Crippen molar-refractivity contribution < 1.29 is 4.79 Å². The molecule has 0 bridgehead atoms. The lowest BCUT2D eigenvalue weighted by Gasteiger charge is -2.31. The van der Waals surface area contributed by atoms with Gasteiger partial charge in [0.15, 0.2) is 0 Å². The van der Waals surface area contributed by atoms with Gasteiger partial charge < -0.3 is 10.2 Å². The molecule has 0 spiro atoms. The molecule has 1 saturated carbocycles. The van der Waals surface area contributed by atoms with Crippen molar-refractivity contribution in [2.75, 3.05) is 20.1 Å². The van der Waals surface area contributed by atoms with E-state index in [9.17, 15) is 4.79 Å². The fourth-order valence-electron chi connectivity index (χ4n) is 2.60. The van der Waals surface area contributed by atoms with E-state index < -0.39 is 0 Å². The highest BCUT2D eigenvalue weighted by atomic mass is 16.2. The van der Waals surface area contributed by atoms with E-state index in [-0.39, 0.29) is 6.04 Å². The predicted molar refractivity (Wildman–Crippen MR) is 65.2 cm³/mol. The molecule has 1 saturated heterocycles. The van der Waals surface area contributed by atoms with Gasteiger partial charge in [-0.2, -0.15) is 0 Å². The lowest BCUT2D eigenvalue weighted by molar-refractivity contribution is -0.133. The Morgan fingerprint density at radius 2 is 2.06 bits per heavy atom. The normalized spacial score (nSPS) is 30.1. The first-order valence-electron chi connectivity index (χ1n) is 6.69. The summed E-state index contributed by atoms with van der Waals surface area (Å²) in [6.45, 7) is 4.20. The second-order valence-corrected chi connectivity index (χ2v) is 5.47. The lowest BCUT2D eigenvalue weighted by atomic mass is 9.90. The van der Waals surface area contributed by atoms with E-state index in [2.05, 4.69) is 12.2 Å². The fourth-order valence-corrected chi connectivity index (χ4v) is 2.60. The lowest BCUT2D eigenvalue weighted by Crippen LogP contribution is -2.49. The second-order valence-electron chi connectivity index (χ2n) is 5.47. The first-order valence-corrected chi connectivity index (χ1v) is 6.69. The number of carbonyl (C=O) groups excluding carboxylic acids is 1. The van der Waals surface area contributed by atoms with E-state index in [0.717, 1.165) is 31.3 Å². The summed E-state index contributed by atoms with van der Waals surface area (Å²) in [4.78, 5) is 14.1. The van der Waals surface area contributed by atoms with Gasteiger partial charge in [0.2, 0.25) is 5.91 Å². The van der Waals surface area contributed by atoms with Gasteiger partial charge in [-0.15, -0.1) is 0 Å². The average Bonchev–Trinajstić information content (AvgIpc) is 3.12. The smallest absolute Gasteiger partial charge is 0.239 e. The van der Waals surface area contributed by atoms with E-state index in [1.54, 1.807) is 0 Å². The molecule has 2 fully saturated rings. The Bertz CT molecular complexity index is 250. The van der Waals surface area contributed by atoms with Crippen LogP contribution in [-0.2, 0) is 4.79 Å². The highest BCUT2D eigenvalue weighted by Gasteiger charge is 2.30. The van der Waals surface area contributed by atoms with Crippen molar-refractivity contribution in [1.82, 2.24) is 10.2 Å². The number of carbonyl (C=O) groups is 1. The van der Waals surface area contributed by atoms with Crippen LogP contribution in [0.15, 0.2) is 0 Å². The first-order chi connectivity index (χ1) is 7.70. The summed E-state index contributed by atoms with van der Waals surface area (Å²) in [5, 5.41) is 3.37. The van der Waals surface area contributed by atoms with Crippen LogP contribution in [0.2, 0.25) is 0 Å². The summed E-state index contributed by atoms with van der Waals surface area (Å²) in [7, 11) is 1.96. The SMILES string of the molecule is CCC1CCNC(C(=O)N(C)CC2CC2)C1. The van der Waals surface area contributed by atoms with Crippen LogP contribution in [0.3, 0.4) is 0 Å². The topological polar surface area (TPSA) is 32.3 Å². The minimum Gasteiger partial charge on any atom is -0.344 e. The number of rotatable bonds is 4. The molecule has 0 aromatic carbocycles. The van der Waals surface area contributed by atoms with E-state index in [0.29, 0.717) is 5.91 Å². The molecule has 2 atom stereocenters. The van der Waals surface area contributed by atoms with Crippen LogP contribution in [0.1, 0.15) is 39.0 Å². The molecular weight excluding hydrogens is 200 g/mol. The van der Waals surface area contributed by atoms with Gasteiger partial charge in [0.25, 0.3) is 0 Å². The molecule has 0 aromatic heterocycles. The molecule has 1 heterocycles. The standard InChI is InChI=1S/C13H24N2O/c1-3-10-6-7-14-12(8-10)13(16)15(2)9-11-4-5-11/h10-12,14H,3-9H2,1-2H3. The molecule has 2 unspecified atom stereocenters. The molecule has 2 aliphatic rings. The van der Waals surface area contributed by atoms with E-state index in [1.165, 1.54) is 25.7 Å². The minimum atomic E-state index is 0.0856. The number of piperidine rings is 1. The van der Waals surface area contributed by atoms with Gasteiger partial charge in [0, 0.05) is 13.6 Å². The van der Waals surface area contributed by atoms with Crippen LogP contribution in [0, 0.1) is 11.8 Å². The van der Waals surface area contributed by atoms with Crippen LogP contribution < -0.4 is 5.32 Å². The van der Waals surface area contributed by atoms with Crippen molar-refractivity contribution in [3.05, 3.63) is 0 Å². The molecule has 2 rings (SSSR count). The average molecular weight is 224 g/mol. The Labute approximate surface area is 98.6 Å². The van der Waals surface area contributed by atoms with Gasteiger partial charge in [-0.05, 0) is 44.1 Å². The maximum Gasteiger partial charge on any atom is 0.239 e. The predicted octanol–water partition coefficient (Wildman–Crippen LogP) is 1.63. The summed E-state index contributed by atoms with van der Waals surface area (Å²) in [5.74, 6) is 1.84. The van der Waals surface area contributed by atoms with Gasteiger partial charge in [0.05, 0.1) is 6.04 Å². The Morgan fingerprint density at radius 1 is 1.31 bits per heavy atom. The number of hydrogen-bond donors (Lipinski definition) is 1. The van der Waals surface area contributed by atoms with E-state index >= 15 is 0 Å². The van der Waals surface area contributed by atoms with Crippen LogP contribution in [-0.4, -0.2) is 37.0 Å². The Hall–Kier alpha value is -0.570.